The molecule has 1 aromatic rings. The van der Waals surface area contributed by atoms with Gasteiger partial charge in [-0.15, -0.1) is 0 Å². The molecule has 1 saturated heterocycles. The van der Waals surface area contributed by atoms with Crippen molar-refractivity contribution in [3.63, 3.8) is 0 Å². The maximum atomic E-state index is 11.9. The van der Waals surface area contributed by atoms with Crippen molar-refractivity contribution < 1.29 is 19.1 Å². The third-order valence-electron chi connectivity index (χ3n) is 6.28. The van der Waals surface area contributed by atoms with E-state index in [1.165, 1.54) is 12.7 Å². The minimum atomic E-state index is -0.378. The van der Waals surface area contributed by atoms with Crippen LogP contribution >= 0.6 is 0 Å². The maximum Gasteiger partial charge on any atom is 0.343 e. The molecule has 1 aromatic carbocycles. The first-order chi connectivity index (χ1) is 14.1. The first-order valence-corrected chi connectivity index (χ1v) is 10.8. The van der Waals surface area contributed by atoms with E-state index in [2.05, 4.69) is 27.1 Å². The van der Waals surface area contributed by atoms with Gasteiger partial charge >= 0.3 is 5.97 Å². The van der Waals surface area contributed by atoms with Gasteiger partial charge in [-0.3, -0.25) is 9.69 Å². The average Bonchev–Trinajstić information content (AvgIpc) is 2.77. The van der Waals surface area contributed by atoms with Crippen LogP contribution in [0.4, 0.5) is 0 Å². The second kappa shape index (κ2) is 10.7. The van der Waals surface area contributed by atoms with Gasteiger partial charge in [0.05, 0.1) is 13.7 Å². The number of carbonyl (C=O) groups excluding carboxylic acids is 2. The quantitative estimate of drug-likeness (QED) is 0.675. The van der Waals surface area contributed by atoms with E-state index in [0.29, 0.717) is 30.3 Å². The minimum Gasteiger partial charge on any atom is -0.482 e. The molecule has 0 aromatic heterocycles. The molecule has 0 unspecified atom stereocenters. The molecule has 1 heterocycles. The highest BCUT2D eigenvalue weighted by Gasteiger charge is 2.32. The summed E-state index contributed by atoms with van der Waals surface area (Å²) in [6.07, 6.45) is 6.85. The number of carbonyl (C=O) groups is 2. The van der Waals surface area contributed by atoms with E-state index in [0.717, 1.165) is 51.6 Å². The van der Waals surface area contributed by atoms with Gasteiger partial charge in [0.15, 0.2) is 6.61 Å². The highest BCUT2D eigenvalue weighted by molar-refractivity contribution is 5.77. The number of piperidine rings is 1. The molecule has 0 atom stereocenters. The number of Topliss-reactive ketones (excluding diaryl/α,β-unsaturated/α-hetero) is 1. The van der Waals surface area contributed by atoms with Crippen LogP contribution in [0.2, 0.25) is 0 Å². The van der Waals surface area contributed by atoms with Crippen molar-refractivity contribution in [2.45, 2.75) is 63.5 Å². The molecule has 0 spiro atoms. The van der Waals surface area contributed by atoms with Gasteiger partial charge in [0.25, 0.3) is 0 Å². The van der Waals surface area contributed by atoms with Gasteiger partial charge in [-0.1, -0.05) is 12.1 Å². The number of methoxy groups -OCH3 is 1. The standard InChI is InChI=1S/C23H34N2O4/c1-17(26)15-25(21-11-13-24-14-12-21)20-7-3-18(4-8-20)19-5-9-22(10-6-19)29-16-23(27)28-2/h5-6,9-10,18,20-21,24H,3-4,7-8,11-16H2,1-2H3. The summed E-state index contributed by atoms with van der Waals surface area (Å²) < 4.78 is 10.0. The normalized spacial score (nSPS) is 23.0. The summed E-state index contributed by atoms with van der Waals surface area (Å²) >= 11 is 0. The number of nitrogens with one attached hydrogen (secondary N) is 1. The summed E-state index contributed by atoms with van der Waals surface area (Å²) in [6.45, 7) is 4.34. The number of hydrogen-bond donors (Lipinski definition) is 1. The minimum absolute atomic E-state index is 0.0658. The number of ether oxygens (including phenoxy) is 2. The van der Waals surface area contributed by atoms with Crippen LogP contribution in [0.25, 0.3) is 0 Å². The van der Waals surface area contributed by atoms with Crippen LogP contribution in [0, 0.1) is 0 Å². The lowest BCUT2D eigenvalue weighted by atomic mass is 9.80. The molecule has 1 saturated carbocycles. The zero-order chi connectivity index (χ0) is 20.6. The summed E-state index contributed by atoms with van der Waals surface area (Å²) in [5, 5.41) is 3.43. The Bertz CT molecular complexity index is 662. The second-order valence-corrected chi connectivity index (χ2v) is 8.29. The van der Waals surface area contributed by atoms with Crippen LogP contribution < -0.4 is 10.1 Å². The number of benzene rings is 1. The predicted octanol–water partition coefficient (Wildman–Crippen LogP) is 2.91. The fraction of sp³-hybridized carbons (Fsp3) is 0.652. The SMILES string of the molecule is COC(=O)COc1ccc(C2CCC(N(CC(C)=O)C3CCNCC3)CC2)cc1. The summed E-state index contributed by atoms with van der Waals surface area (Å²) in [7, 11) is 1.35. The van der Waals surface area contributed by atoms with Crippen LogP contribution in [-0.2, 0) is 14.3 Å². The lowest BCUT2D eigenvalue weighted by Crippen LogP contribution is -2.50. The number of hydrogen-bond acceptors (Lipinski definition) is 6. The van der Waals surface area contributed by atoms with E-state index in [9.17, 15) is 9.59 Å². The molecule has 3 rings (SSSR count). The fourth-order valence-corrected chi connectivity index (χ4v) is 4.73. The smallest absolute Gasteiger partial charge is 0.343 e. The van der Waals surface area contributed by atoms with Gasteiger partial charge in [0.1, 0.15) is 11.5 Å². The van der Waals surface area contributed by atoms with Gasteiger partial charge in [0.2, 0.25) is 0 Å². The van der Waals surface area contributed by atoms with Gasteiger partial charge in [0, 0.05) is 12.1 Å². The Morgan fingerprint density at radius 3 is 2.21 bits per heavy atom. The van der Waals surface area contributed by atoms with Crippen molar-refractivity contribution >= 4 is 11.8 Å². The van der Waals surface area contributed by atoms with Crippen LogP contribution in [0.1, 0.15) is 56.9 Å². The number of nitrogens with zero attached hydrogens (tertiary/aromatic N) is 1. The molecular weight excluding hydrogens is 368 g/mol. The van der Waals surface area contributed by atoms with E-state index in [-0.39, 0.29) is 18.4 Å². The Hall–Kier alpha value is -1.92. The van der Waals surface area contributed by atoms with Gasteiger partial charge in [-0.05, 0) is 82.2 Å². The van der Waals surface area contributed by atoms with Gasteiger partial charge < -0.3 is 14.8 Å². The maximum absolute atomic E-state index is 11.9. The number of esters is 1. The largest absolute Gasteiger partial charge is 0.482 e. The molecule has 1 aliphatic heterocycles. The monoisotopic (exact) mass is 402 g/mol. The lowest BCUT2D eigenvalue weighted by Gasteiger charge is -2.42. The Kier molecular flexibility index (Phi) is 8.07. The van der Waals surface area contributed by atoms with Crippen LogP contribution in [0.3, 0.4) is 0 Å². The Morgan fingerprint density at radius 2 is 1.62 bits per heavy atom. The highest BCUT2D eigenvalue weighted by Crippen LogP contribution is 2.36. The van der Waals surface area contributed by atoms with Crippen molar-refractivity contribution in [3.05, 3.63) is 29.8 Å². The third-order valence-corrected chi connectivity index (χ3v) is 6.28. The molecule has 0 amide bonds. The van der Waals surface area contributed by atoms with Crippen LogP contribution in [0.5, 0.6) is 5.75 Å². The molecule has 0 bridgehead atoms. The summed E-state index contributed by atoms with van der Waals surface area (Å²) in [5.74, 6) is 1.13. The van der Waals surface area contributed by atoms with Gasteiger partial charge in [-0.25, -0.2) is 4.79 Å². The summed E-state index contributed by atoms with van der Waals surface area (Å²) in [6, 6.07) is 9.13. The van der Waals surface area contributed by atoms with Crippen molar-refractivity contribution in [1.29, 1.82) is 0 Å². The molecule has 2 aliphatic rings. The molecule has 0 radical (unpaired) electrons. The Balaban J connectivity index is 1.54. The van der Waals surface area contributed by atoms with E-state index in [4.69, 9.17) is 4.74 Å². The van der Waals surface area contributed by atoms with E-state index in [1.807, 2.05) is 12.1 Å². The second-order valence-electron chi connectivity index (χ2n) is 8.29. The topological polar surface area (TPSA) is 67.9 Å². The Morgan fingerprint density at radius 1 is 1.00 bits per heavy atom. The lowest BCUT2D eigenvalue weighted by molar-refractivity contribution is -0.142. The molecule has 1 N–H and O–H groups in total. The third kappa shape index (κ3) is 6.28. The molecule has 6 heteroatoms. The first kappa shape index (κ1) is 21.8. The molecule has 2 fully saturated rings. The average molecular weight is 403 g/mol. The highest BCUT2D eigenvalue weighted by atomic mass is 16.6. The van der Waals surface area contributed by atoms with Crippen molar-refractivity contribution in [3.8, 4) is 5.75 Å². The summed E-state index contributed by atoms with van der Waals surface area (Å²) in [4.78, 5) is 25.6. The van der Waals surface area contributed by atoms with Crippen LogP contribution in [0.15, 0.2) is 24.3 Å². The van der Waals surface area contributed by atoms with E-state index >= 15 is 0 Å². The molecular formula is C23H34N2O4. The first-order valence-electron chi connectivity index (χ1n) is 10.8. The van der Waals surface area contributed by atoms with Gasteiger partial charge in [-0.2, -0.15) is 0 Å². The van der Waals surface area contributed by atoms with E-state index < -0.39 is 0 Å². The predicted molar refractivity (Wildman–Crippen MR) is 112 cm³/mol. The number of ketones is 1. The molecule has 29 heavy (non-hydrogen) atoms. The fourth-order valence-electron chi connectivity index (χ4n) is 4.73. The van der Waals surface area contributed by atoms with E-state index in [1.54, 1.807) is 6.92 Å². The molecule has 1 aliphatic carbocycles. The van der Waals surface area contributed by atoms with Crippen molar-refractivity contribution in [2.75, 3.05) is 33.4 Å². The molecule has 160 valence electrons. The van der Waals surface area contributed by atoms with Crippen molar-refractivity contribution in [2.24, 2.45) is 0 Å². The van der Waals surface area contributed by atoms with Crippen LogP contribution in [-0.4, -0.2) is 62.1 Å². The van der Waals surface area contributed by atoms with Crippen molar-refractivity contribution in [1.82, 2.24) is 10.2 Å². The number of rotatable bonds is 8. The molecule has 6 nitrogen and oxygen atoms in total. The Labute approximate surface area is 173 Å². The zero-order valence-electron chi connectivity index (χ0n) is 17.7. The zero-order valence-corrected chi connectivity index (χ0v) is 17.7. The summed E-state index contributed by atoms with van der Waals surface area (Å²) in [5.41, 5.74) is 1.33.